The van der Waals surface area contributed by atoms with Crippen LogP contribution in [0.4, 0.5) is 5.82 Å². The van der Waals surface area contributed by atoms with Crippen LogP contribution in [0, 0.1) is 0 Å². The van der Waals surface area contributed by atoms with Gasteiger partial charge in [-0.05, 0) is 38.1 Å². The van der Waals surface area contributed by atoms with Crippen LogP contribution in [0.1, 0.15) is 19.3 Å². The number of rotatable bonds is 3. The molecule has 1 saturated heterocycles. The molecule has 3 heterocycles. The zero-order chi connectivity index (χ0) is 18.5. The van der Waals surface area contributed by atoms with Crippen molar-refractivity contribution < 1.29 is 9.53 Å². The van der Waals surface area contributed by atoms with Crippen molar-refractivity contribution >= 4 is 24.2 Å². The number of nitrogens with one attached hydrogen (secondary N) is 2. The second kappa shape index (κ2) is 12.2. The first-order valence-electron chi connectivity index (χ1n) is 8.07. The summed E-state index contributed by atoms with van der Waals surface area (Å²) in [5, 5.41) is 6.84. The van der Waals surface area contributed by atoms with Gasteiger partial charge in [-0.15, -0.1) is 0 Å². The number of piperidine rings is 1. The van der Waals surface area contributed by atoms with Crippen LogP contribution in [0.2, 0.25) is 5.02 Å². The molecule has 0 bridgehead atoms. The maximum absolute atomic E-state index is 8.00. The van der Waals surface area contributed by atoms with Crippen molar-refractivity contribution in [1.29, 1.82) is 0 Å². The molecule has 0 amide bonds. The van der Waals surface area contributed by atoms with Gasteiger partial charge in [0, 0.05) is 30.6 Å². The molecule has 2 aromatic heterocycles. The molecule has 2 aromatic rings. The first kappa shape index (κ1) is 20.9. The highest BCUT2D eigenvalue weighted by molar-refractivity contribution is 6.33. The normalized spacial score (nSPS) is 12.8. The lowest BCUT2D eigenvalue weighted by Crippen LogP contribution is -2.21. The molecule has 7 heteroatoms. The van der Waals surface area contributed by atoms with Crippen LogP contribution in [0.25, 0.3) is 11.1 Å². The van der Waals surface area contributed by atoms with Crippen LogP contribution in [0.15, 0.2) is 30.7 Å². The second-order valence-electron chi connectivity index (χ2n) is 5.22. The highest BCUT2D eigenvalue weighted by Crippen LogP contribution is 2.30. The largest absolute Gasteiger partial charge is 0.495 e. The van der Waals surface area contributed by atoms with E-state index in [1.54, 1.807) is 25.7 Å². The highest BCUT2D eigenvalue weighted by atomic mass is 35.5. The van der Waals surface area contributed by atoms with E-state index in [0.717, 1.165) is 16.9 Å². The highest BCUT2D eigenvalue weighted by Gasteiger charge is 2.07. The number of pyridine rings is 2. The minimum Gasteiger partial charge on any atom is -0.495 e. The van der Waals surface area contributed by atoms with E-state index < -0.39 is 0 Å². The van der Waals surface area contributed by atoms with E-state index in [4.69, 9.17) is 21.1 Å². The third kappa shape index (κ3) is 7.07. The molecule has 2 N–H and O–H groups in total. The summed E-state index contributed by atoms with van der Waals surface area (Å²) in [7, 11) is 3.41. The lowest BCUT2D eigenvalue weighted by molar-refractivity contribution is -0.0979. The van der Waals surface area contributed by atoms with Crippen molar-refractivity contribution in [2.75, 3.05) is 32.6 Å². The number of carbonyl (C=O) groups excluding carboxylic acids is 1. The van der Waals surface area contributed by atoms with Gasteiger partial charge in [0.25, 0.3) is 0 Å². The first-order chi connectivity index (χ1) is 12.2. The molecule has 6 nitrogen and oxygen atoms in total. The van der Waals surface area contributed by atoms with E-state index in [1.165, 1.54) is 32.4 Å². The molecule has 1 aliphatic heterocycles. The van der Waals surface area contributed by atoms with Crippen LogP contribution in [-0.4, -0.2) is 44.0 Å². The van der Waals surface area contributed by atoms with Crippen LogP contribution in [0.3, 0.4) is 0 Å². The number of hydrogen-bond donors (Lipinski definition) is 2. The molecule has 0 aromatic carbocycles. The van der Waals surface area contributed by atoms with Gasteiger partial charge in [0.15, 0.2) is 0 Å². The van der Waals surface area contributed by atoms with Crippen molar-refractivity contribution in [3.05, 3.63) is 35.7 Å². The molecule has 0 aliphatic carbocycles. The van der Waals surface area contributed by atoms with Crippen molar-refractivity contribution in [2.45, 2.75) is 19.3 Å². The van der Waals surface area contributed by atoms with E-state index in [1.807, 2.05) is 26.0 Å². The number of hydrogen-bond acceptors (Lipinski definition) is 6. The van der Waals surface area contributed by atoms with E-state index in [2.05, 4.69) is 20.6 Å². The molecular formula is C18H25ClN4O2. The van der Waals surface area contributed by atoms with Crippen LogP contribution in [0.5, 0.6) is 5.75 Å². The van der Waals surface area contributed by atoms with E-state index in [0.29, 0.717) is 10.8 Å². The topological polar surface area (TPSA) is 76.1 Å². The van der Waals surface area contributed by atoms with Gasteiger partial charge in [0.2, 0.25) is 0 Å². The standard InChI is InChI=1S/C12H12ClN3O.C5H11N.CH2O/c1-14-12-4-10(11(13)7-16-12)8-3-9(17-2)6-15-5-8;1-2-4-6-5-3-1;1-2/h3-7H,1-2H3,(H,14,16);6H,1-5H2;1H2. The lowest BCUT2D eigenvalue weighted by Gasteiger charge is -2.08. The Morgan fingerprint density at radius 1 is 1.16 bits per heavy atom. The SMILES string of the molecule is C1CCNCC1.C=O.CNc1cc(-c2cncc(OC)c2)c(Cl)cn1. The Balaban J connectivity index is 0.000000326. The zero-order valence-corrected chi connectivity index (χ0v) is 15.5. The Morgan fingerprint density at radius 3 is 2.40 bits per heavy atom. The molecule has 0 saturated carbocycles. The Hall–Kier alpha value is -2.18. The molecule has 0 radical (unpaired) electrons. The van der Waals surface area contributed by atoms with E-state index >= 15 is 0 Å². The number of nitrogens with zero attached hydrogens (tertiary/aromatic N) is 2. The average Bonchev–Trinajstić information content (AvgIpc) is 2.71. The quantitative estimate of drug-likeness (QED) is 0.869. The molecule has 0 spiro atoms. The maximum Gasteiger partial charge on any atom is 0.137 e. The summed E-state index contributed by atoms with van der Waals surface area (Å²) in [6, 6.07) is 3.76. The number of halogens is 1. The van der Waals surface area contributed by atoms with Gasteiger partial charge in [0.05, 0.1) is 18.3 Å². The molecule has 1 aliphatic rings. The number of carbonyl (C=O) groups is 1. The summed E-state index contributed by atoms with van der Waals surface area (Å²) >= 11 is 6.12. The average molecular weight is 365 g/mol. The van der Waals surface area contributed by atoms with Crippen LogP contribution >= 0.6 is 11.6 Å². The summed E-state index contributed by atoms with van der Waals surface area (Å²) in [6.45, 7) is 4.50. The Morgan fingerprint density at radius 2 is 1.88 bits per heavy atom. The molecule has 1 fully saturated rings. The third-order valence-corrected chi connectivity index (χ3v) is 3.88. The predicted octanol–water partition coefficient (Wildman–Crippen LogP) is 3.42. The minimum atomic E-state index is 0.582. The molecule has 3 rings (SSSR count). The van der Waals surface area contributed by atoms with Crippen molar-refractivity contribution in [3.63, 3.8) is 0 Å². The Kier molecular flexibility index (Phi) is 10.2. The van der Waals surface area contributed by atoms with Gasteiger partial charge < -0.3 is 20.2 Å². The fourth-order valence-corrected chi connectivity index (χ4v) is 2.49. The predicted molar refractivity (Wildman–Crippen MR) is 102 cm³/mol. The number of aromatic nitrogens is 2. The number of anilines is 1. The van der Waals surface area contributed by atoms with E-state index in [9.17, 15) is 0 Å². The van der Waals surface area contributed by atoms with E-state index in [-0.39, 0.29) is 0 Å². The lowest BCUT2D eigenvalue weighted by atomic mass is 10.1. The monoisotopic (exact) mass is 364 g/mol. The minimum absolute atomic E-state index is 0.582. The summed E-state index contributed by atoms with van der Waals surface area (Å²) < 4.78 is 5.14. The fourth-order valence-electron chi connectivity index (χ4n) is 2.28. The van der Waals surface area contributed by atoms with Crippen molar-refractivity contribution in [1.82, 2.24) is 15.3 Å². The van der Waals surface area contributed by atoms with Gasteiger partial charge in [-0.25, -0.2) is 4.98 Å². The van der Waals surface area contributed by atoms with Gasteiger partial charge in [-0.2, -0.15) is 0 Å². The van der Waals surface area contributed by atoms with Gasteiger partial charge in [-0.3, -0.25) is 4.98 Å². The number of methoxy groups -OCH3 is 1. The zero-order valence-electron chi connectivity index (χ0n) is 14.7. The Bertz CT molecular complexity index is 625. The first-order valence-corrected chi connectivity index (χ1v) is 8.44. The van der Waals surface area contributed by atoms with Crippen molar-refractivity contribution in [2.24, 2.45) is 0 Å². The fraction of sp³-hybridized carbons (Fsp3) is 0.389. The number of ether oxygens (including phenoxy) is 1. The second-order valence-corrected chi connectivity index (χ2v) is 5.63. The molecule has 0 unspecified atom stereocenters. The molecular weight excluding hydrogens is 340 g/mol. The maximum atomic E-state index is 8.00. The van der Waals surface area contributed by atoms with Gasteiger partial charge >= 0.3 is 0 Å². The summed E-state index contributed by atoms with van der Waals surface area (Å²) in [5.74, 6) is 1.45. The third-order valence-electron chi connectivity index (χ3n) is 3.58. The summed E-state index contributed by atoms with van der Waals surface area (Å²) in [5.41, 5.74) is 1.77. The van der Waals surface area contributed by atoms with Gasteiger partial charge in [0.1, 0.15) is 18.4 Å². The van der Waals surface area contributed by atoms with Crippen LogP contribution in [-0.2, 0) is 4.79 Å². The Labute approximate surface area is 154 Å². The van der Waals surface area contributed by atoms with Crippen LogP contribution < -0.4 is 15.4 Å². The molecule has 25 heavy (non-hydrogen) atoms. The molecule has 0 atom stereocenters. The summed E-state index contributed by atoms with van der Waals surface area (Å²) in [4.78, 5) is 16.2. The molecule has 136 valence electrons. The van der Waals surface area contributed by atoms with Crippen molar-refractivity contribution in [3.8, 4) is 16.9 Å². The smallest absolute Gasteiger partial charge is 0.137 e. The van der Waals surface area contributed by atoms with Gasteiger partial charge in [-0.1, -0.05) is 18.0 Å². The summed E-state index contributed by atoms with van der Waals surface area (Å²) in [6.07, 6.45) is 9.22.